The van der Waals surface area contributed by atoms with Crippen LogP contribution in [0.5, 0.6) is 11.5 Å². The first-order valence-corrected chi connectivity index (χ1v) is 8.95. The Kier molecular flexibility index (Phi) is 6.07. The van der Waals surface area contributed by atoms with Crippen molar-refractivity contribution in [3.8, 4) is 11.5 Å². The fourth-order valence-corrected chi connectivity index (χ4v) is 2.61. The second kappa shape index (κ2) is 8.86. The van der Waals surface area contributed by atoms with Gasteiger partial charge >= 0.3 is 0 Å². The van der Waals surface area contributed by atoms with Crippen LogP contribution < -0.4 is 10.1 Å². The van der Waals surface area contributed by atoms with E-state index in [9.17, 15) is 9.59 Å². The fraction of sp³-hybridized carbons (Fsp3) is 0.130. The minimum absolute atomic E-state index is 0.0478. The number of carbonyl (C=O) groups is 2. The number of para-hydroxylation sites is 1. The molecule has 0 aliphatic carbocycles. The summed E-state index contributed by atoms with van der Waals surface area (Å²) in [6, 6.07) is 23.7. The molecule has 1 N–H and O–H groups in total. The summed E-state index contributed by atoms with van der Waals surface area (Å²) in [5.41, 5.74) is 2.10. The van der Waals surface area contributed by atoms with Crippen LogP contribution in [0.25, 0.3) is 0 Å². The molecule has 28 heavy (non-hydrogen) atoms. The van der Waals surface area contributed by atoms with Gasteiger partial charge in [-0.2, -0.15) is 0 Å². The van der Waals surface area contributed by atoms with Gasteiger partial charge in [0.15, 0.2) is 0 Å². The number of nitrogens with zero attached hydrogens (tertiary/aromatic N) is 1. The normalized spacial score (nSPS) is 10.2. The zero-order valence-electron chi connectivity index (χ0n) is 15.9. The number of carbonyl (C=O) groups excluding carboxylic acids is 2. The summed E-state index contributed by atoms with van der Waals surface area (Å²) in [6.07, 6.45) is 0. The zero-order valence-corrected chi connectivity index (χ0v) is 15.9. The molecule has 0 radical (unpaired) electrons. The zero-order chi connectivity index (χ0) is 19.9. The van der Waals surface area contributed by atoms with Crippen molar-refractivity contribution < 1.29 is 14.3 Å². The minimum Gasteiger partial charge on any atom is -0.457 e. The van der Waals surface area contributed by atoms with Crippen molar-refractivity contribution in [2.45, 2.75) is 6.54 Å². The molecule has 3 aromatic carbocycles. The highest BCUT2D eigenvalue weighted by atomic mass is 16.5. The second-order valence-electron chi connectivity index (χ2n) is 6.52. The van der Waals surface area contributed by atoms with Crippen LogP contribution in [0.1, 0.15) is 26.3 Å². The number of ether oxygens (including phenoxy) is 1. The summed E-state index contributed by atoms with van der Waals surface area (Å²) in [5, 5.41) is 2.88. The average molecular weight is 374 g/mol. The Hall–Kier alpha value is -3.60. The van der Waals surface area contributed by atoms with E-state index in [2.05, 4.69) is 5.32 Å². The van der Waals surface area contributed by atoms with Crippen LogP contribution in [0.4, 0.5) is 0 Å². The molecule has 0 aromatic heterocycles. The molecule has 0 saturated carbocycles. The standard InChI is InChI=1S/C23H22N2O3/c1-25(2)23(27)19-10-8-17(9-11-19)16-24-22(26)18-12-14-21(15-13-18)28-20-6-4-3-5-7-20/h3-15H,16H2,1-2H3,(H,24,26). The molecule has 0 atom stereocenters. The number of nitrogens with one attached hydrogen (secondary N) is 1. The van der Waals surface area contributed by atoms with Gasteiger partial charge in [-0.15, -0.1) is 0 Å². The maximum absolute atomic E-state index is 12.3. The third-order valence-electron chi connectivity index (χ3n) is 4.16. The molecule has 0 saturated heterocycles. The Morgan fingerprint density at radius 3 is 1.96 bits per heavy atom. The van der Waals surface area contributed by atoms with Crippen molar-refractivity contribution in [1.82, 2.24) is 10.2 Å². The first kappa shape index (κ1) is 19.2. The van der Waals surface area contributed by atoms with Gasteiger partial charge in [0, 0.05) is 31.8 Å². The molecule has 5 nitrogen and oxygen atoms in total. The monoisotopic (exact) mass is 374 g/mol. The van der Waals surface area contributed by atoms with Crippen molar-refractivity contribution in [2.75, 3.05) is 14.1 Å². The van der Waals surface area contributed by atoms with Gasteiger partial charge < -0.3 is 15.0 Å². The SMILES string of the molecule is CN(C)C(=O)c1ccc(CNC(=O)c2ccc(Oc3ccccc3)cc2)cc1. The van der Waals surface area contributed by atoms with E-state index in [4.69, 9.17) is 4.74 Å². The maximum Gasteiger partial charge on any atom is 0.253 e. The summed E-state index contributed by atoms with van der Waals surface area (Å²) >= 11 is 0. The number of hydrogen-bond acceptors (Lipinski definition) is 3. The quantitative estimate of drug-likeness (QED) is 0.706. The Morgan fingerprint density at radius 2 is 1.36 bits per heavy atom. The van der Waals surface area contributed by atoms with Crippen LogP contribution in [0, 0.1) is 0 Å². The van der Waals surface area contributed by atoms with E-state index in [0.717, 1.165) is 11.3 Å². The van der Waals surface area contributed by atoms with Crippen molar-refractivity contribution in [3.05, 3.63) is 95.6 Å². The third kappa shape index (κ3) is 4.98. The van der Waals surface area contributed by atoms with Crippen LogP contribution >= 0.6 is 0 Å². The van der Waals surface area contributed by atoms with Gasteiger partial charge in [0.25, 0.3) is 11.8 Å². The lowest BCUT2D eigenvalue weighted by Gasteiger charge is -2.11. The lowest BCUT2D eigenvalue weighted by atomic mass is 10.1. The predicted octanol–water partition coefficient (Wildman–Crippen LogP) is 4.11. The Labute approximate surface area is 164 Å². The molecular formula is C23H22N2O3. The molecule has 0 fully saturated rings. The molecule has 3 aromatic rings. The highest BCUT2D eigenvalue weighted by Crippen LogP contribution is 2.21. The summed E-state index contributed by atoms with van der Waals surface area (Å²) in [4.78, 5) is 25.8. The van der Waals surface area contributed by atoms with Gasteiger partial charge in [-0.1, -0.05) is 30.3 Å². The molecule has 2 amide bonds. The van der Waals surface area contributed by atoms with Crippen molar-refractivity contribution in [1.29, 1.82) is 0 Å². The lowest BCUT2D eigenvalue weighted by molar-refractivity contribution is 0.0827. The van der Waals surface area contributed by atoms with Gasteiger partial charge in [0.1, 0.15) is 11.5 Å². The number of benzene rings is 3. The number of rotatable bonds is 6. The van der Waals surface area contributed by atoms with Crippen molar-refractivity contribution >= 4 is 11.8 Å². The van der Waals surface area contributed by atoms with Gasteiger partial charge in [-0.3, -0.25) is 9.59 Å². The maximum atomic E-state index is 12.3. The fourth-order valence-electron chi connectivity index (χ4n) is 2.61. The van der Waals surface area contributed by atoms with E-state index in [1.54, 1.807) is 50.5 Å². The Bertz CT molecular complexity index is 934. The first-order chi connectivity index (χ1) is 13.5. The topological polar surface area (TPSA) is 58.6 Å². The lowest BCUT2D eigenvalue weighted by Crippen LogP contribution is -2.23. The smallest absolute Gasteiger partial charge is 0.253 e. The molecular weight excluding hydrogens is 352 g/mol. The van der Waals surface area contributed by atoms with E-state index >= 15 is 0 Å². The third-order valence-corrected chi connectivity index (χ3v) is 4.16. The summed E-state index contributed by atoms with van der Waals surface area (Å²) < 4.78 is 5.73. The predicted molar refractivity (Wildman–Crippen MR) is 109 cm³/mol. The Balaban J connectivity index is 1.55. The van der Waals surface area contributed by atoms with E-state index in [-0.39, 0.29) is 11.8 Å². The van der Waals surface area contributed by atoms with Crippen LogP contribution in [-0.4, -0.2) is 30.8 Å². The largest absolute Gasteiger partial charge is 0.457 e. The highest BCUT2D eigenvalue weighted by Gasteiger charge is 2.09. The van der Waals surface area contributed by atoms with E-state index < -0.39 is 0 Å². The molecule has 0 aliphatic heterocycles. The van der Waals surface area contributed by atoms with E-state index in [1.807, 2.05) is 42.5 Å². The molecule has 0 unspecified atom stereocenters. The minimum atomic E-state index is -0.167. The Morgan fingerprint density at radius 1 is 0.786 bits per heavy atom. The first-order valence-electron chi connectivity index (χ1n) is 8.95. The molecule has 0 aliphatic rings. The van der Waals surface area contributed by atoms with Crippen molar-refractivity contribution in [2.24, 2.45) is 0 Å². The molecule has 142 valence electrons. The van der Waals surface area contributed by atoms with Gasteiger partial charge in [-0.25, -0.2) is 0 Å². The summed E-state index contributed by atoms with van der Waals surface area (Å²) in [5.74, 6) is 1.20. The summed E-state index contributed by atoms with van der Waals surface area (Å²) in [6.45, 7) is 0.386. The number of amides is 2. The van der Waals surface area contributed by atoms with Gasteiger partial charge in [0.05, 0.1) is 0 Å². The molecule has 0 heterocycles. The van der Waals surface area contributed by atoms with Gasteiger partial charge in [-0.05, 0) is 54.1 Å². The van der Waals surface area contributed by atoms with Crippen LogP contribution in [0.2, 0.25) is 0 Å². The molecule has 3 rings (SSSR count). The summed E-state index contributed by atoms with van der Waals surface area (Å²) in [7, 11) is 3.43. The molecule has 0 spiro atoms. The number of hydrogen-bond donors (Lipinski definition) is 1. The van der Waals surface area contributed by atoms with E-state index in [0.29, 0.717) is 23.4 Å². The van der Waals surface area contributed by atoms with E-state index in [1.165, 1.54) is 4.90 Å². The van der Waals surface area contributed by atoms with Crippen molar-refractivity contribution in [3.63, 3.8) is 0 Å². The second-order valence-corrected chi connectivity index (χ2v) is 6.52. The van der Waals surface area contributed by atoms with Crippen LogP contribution in [0.3, 0.4) is 0 Å². The van der Waals surface area contributed by atoms with Crippen LogP contribution in [-0.2, 0) is 6.54 Å². The molecule has 0 bridgehead atoms. The van der Waals surface area contributed by atoms with Crippen LogP contribution in [0.15, 0.2) is 78.9 Å². The highest BCUT2D eigenvalue weighted by molar-refractivity contribution is 5.94. The molecule has 5 heteroatoms. The average Bonchev–Trinajstić information content (AvgIpc) is 2.73. The van der Waals surface area contributed by atoms with Gasteiger partial charge in [0.2, 0.25) is 0 Å².